The Balaban J connectivity index is 2.26. The number of hydrogen-bond donors (Lipinski definition) is 6. The minimum atomic E-state index is -1.54. The molecular formula is C11H16BrN3O7. The van der Waals surface area contributed by atoms with Crippen molar-refractivity contribution in [1.29, 1.82) is 0 Å². The second-order valence-electron chi connectivity index (χ2n) is 4.63. The van der Waals surface area contributed by atoms with Gasteiger partial charge in [-0.25, -0.2) is 0 Å². The summed E-state index contributed by atoms with van der Waals surface area (Å²) >= 11 is 3.03. The number of methoxy groups -OCH3 is 1. The number of nitrogens with one attached hydrogen (secondary N) is 2. The topological polar surface area (TPSA) is 157 Å². The van der Waals surface area contributed by atoms with E-state index in [0.717, 1.165) is 0 Å². The predicted molar refractivity (Wildman–Crippen MR) is 76.5 cm³/mol. The lowest BCUT2D eigenvalue weighted by Crippen LogP contribution is -2.60. The van der Waals surface area contributed by atoms with E-state index in [0.29, 0.717) is 0 Å². The van der Waals surface area contributed by atoms with Crippen molar-refractivity contribution in [2.45, 2.75) is 30.6 Å². The van der Waals surface area contributed by atoms with Crippen molar-refractivity contribution in [1.82, 2.24) is 9.97 Å². The monoisotopic (exact) mass is 381 g/mol. The number of hydrogen-bond acceptors (Lipinski definition) is 9. The van der Waals surface area contributed by atoms with Crippen molar-refractivity contribution < 1.29 is 29.9 Å². The van der Waals surface area contributed by atoms with Gasteiger partial charge in [0.2, 0.25) is 0 Å². The van der Waals surface area contributed by atoms with Gasteiger partial charge in [-0.2, -0.15) is 4.98 Å². The van der Waals surface area contributed by atoms with E-state index >= 15 is 0 Å². The van der Waals surface area contributed by atoms with E-state index in [-0.39, 0.29) is 16.3 Å². The molecule has 1 fully saturated rings. The first-order valence-corrected chi connectivity index (χ1v) is 7.09. The Kier molecular flexibility index (Phi) is 5.36. The average molecular weight is 382 g/mol. The van der Waals surface area contributed by atoms with Gasteiger partial charge in [0.15, 0.2) is 12.0 Å². The van der Waals surface area contributed by atoms with Crippen LogP contribution in [0.4, 0.5) is 5.82 Å². The smallest absolute Gasteiger partial charge is 0.298 e. The number of aliphatic hydroxyl groups excluding tert-OH is 4. The zero-order valence-electron chi connectivity index (χ0n) is 11.4. The van der Waals surface area contributed by atoms with Crippen molar-refractivity contribution in [2.75, 3.05) is 19.0 Å². The zero-order valence-corrected chi connectivity index (χ0v) is 13.0. The summed E-state index contributed by atoms with van der Waals surface area (Å²) < 4.78 is 10.1. The zero-order chi connectivity index (χ0) is 16.4. The highest BCUT2D eigenvalue weighted by atomic mass is 79.9. The largest absolute Gasteiger partial charge is 0.468 e. The molecule has 124 valence electrons. The van der Waals surface area contributed by atoms with Crippen LogP contribution in [-0.4, -0.2) is 74.8 Å². The number of aliphatic hydroxyl groups is 4. The molecule has 22 heavy (non-hydrogen) atoms. The Morgan fingerprint density at radius 2 is 2.05 bits per heavy atom. The fraction of sp³-hybridized carbons (Fsp3) is 0.636. The van der Waals surface area contributed by atoms with Crippen molar-refractivity contribution >= 4 is 21.7 Å². The number of halogens is 1. The molecule has 2 heterocycles. The van der Waals surface area contributed by atoms with E-state index in [1.54, 1.807) is 0 Å². The molecule has 6 N–H and O–H groups in total. The molecule has 0 spiro atoms. The molecule has 1 aromatic rings. The molecule has 11 heteroatoms. The molecular weight excluding hydrogens is 366 g/mol. The van der Waals surface area contributed by atoms with Crippen LogP contribution in [0.15, 0.2) is 9.27 Å². The average Bonchev–Trinajstić information content (AvgIpc) is 2.51. The molecule has 0 aliphatic carbocycles. The van der Waals surface area contributed by atoms with Crippen LogP contribution in [-0.2, 0) is 4.74 Å². The van der Waals surface area contributed by atoms with E-state index in [2.05, 4.69) is 31.2 Å². The fourth-order valence-corrected chi connectivity index (χ4v) is 2.29. The van der Waals surface area contributed by atoms with Crippen LogP contribution in [0.25, 0.3) is 0 Å². The Labute approximate surface area is 132 Å². The van der Waals surface area contributed by atoms with Gasteiger partial charge in [-0.15, -0.1) is 0 Å². The van der Waals surface area contributed by atoms with Gasteiger partial charge in [0.25, 0.3) is 11.6 Å². The summed E-state index contributed by atoms with van der Waals surface area (Å²) in [6, 6.07) is -0.0692. The normalized spacial score (nSPS) is 31.8. The molecule has 10 nitrogen and oxygen atoms in total. The number of aromatic amines is 1. The van der Waals surface area contributed by atoms with Crippen LogP contribution in [0.1, 0.15) is 0 Å². The highest BCUT2D eigenvalue weighted by molar-refractivity contribution is 9.10. The molecule has 1 aromatic heterocycles. The van der Waals surface area contributed by atoms with Crippen molar-refractivity contribution in [2.24, 2.45) is 0 Å². The van der Waals surface area contributed by atoms with Gasteiger partial charge in [0.05, 0.1) is 13.7 Å². The quantitative estimate of drug-likeness (QED) is 0.339. The summed E-state index contributed by atoms with van der Waals surface area (Å²) in [6.45, 7) is -0.559. The Hall–Kier alpha value is -1.24. The van der Waals surface area contributed by atoms with E-state index in [4.69, 9.17) is 14.6 Å². The maximum absolute atomic E-state index is 11.7. The van der Waals surface area contributed by atoms with Crippen molar-refractivity contribution in [3.05, 3.63) is 14.8 Å². The number of nitrogens with zero attached hydrogens (tertiary/aromatic N) is 1. The van der Waals surface area contributed by atoms with Gasteiger partial charge in [-0.05, 0) is 15.9 Å². The van der Waals surface area contributed by atoms with Gasteiger partial charge in [0.1, 0.15) is 28.9 Å². The molecule has 0 aromatic carbocycles. The van der Waals surface area contributed by atoms with Crippen molar-refractivity contribution in [3.8, 4) is 6.01 Å². The van der Waals surface area contributed by atoms with Crippen LogP contribution in [0.3, 0.4) is 0 Å². The Morgan fingerprint density at radius 1 is 1.36 bits per heavy atom. The predicted octanol–water partition coefficient (Wildman–Crippen LogP) is -2.25. The standard InChI is InChI=1S/C11H16BrN3O7/c1-21-11-14-8(4(12)9(20)15-11)13-10-7(19)6(18)5(17)3(2-16)22-10/h3,5-7,10,16-19H,2H2,1H3,(H2,13,14,15,20)/t3-,5+,6+,7+,10+/m0/s1. The first kappa shape index (κ1) is 17.1. The van der Waals surface area contributed by atoms with E-state index in [1.807, 2.05) is 0 Å². The fourth-order valence-electron chi connectivity index (χ4n) is 1.99. The van der Waals surface area contributed by atoms with E-state index in [9.17, 15) is 20.1 Å². The Morgan fingerprint density at radius 3 is 2.64 bits per heavy atom. The van der Waals surface area contributed by atoms with Crippen molar-refractivity contribution in [3.63, 3.8) is 0 Å². The van der Waals surface area contributed by atoms with Gasteiger partial charge in [-0.3, -0.25) is 9.78 Å². The van der Waals surface area contributed by atoms with Crippen LogP contribution in [0.2, 0.25) is 0 Å². The summed E-state index contributed by atoms with van der Waals surface area (Å²) in [5.74, 6) is 0.00456. The summed E-state index contributed by atoms with van der Waals surface area (Å²) in [5.41, 5.74) is -0.529. The maximum atomic E-state index is 11.7. The van der Waals surface area contributed by atoms with Crippen LogP contribution in [0, 0.1) is 0 Å². The molecule has 1 aliphatic heterocycles. The van der Waals surface area contributed by atoms with E-state index in [1.165, 1.54) is 7.11 Å². The first-order valence-electron chi connectivity index (χ1n) is 6.30. The second-order valence-corrected chi connectivity index (χ2v) is 5.42. The minimum absolute atomic E-state index is 0.00456. The lowest BCUT2D eigenvalue weighted by molar-refractivity contribution is -0.221. The second kappa shape index (κ2) is 6.89. The molecule has 0 unspecified atom stereocenters. The lowest BCUT2D eigenvalue weighted by atomic mass is 9.98. The molecule has 1 aliphatic rings. The first-order chi connectivity index (χ1) is 10.4. The minimum Gasteiger partial charge on any atom is -0.468 e. The Bertz CT molecular complexity index is 581. The number of rotatable bonds is 4. The summed E-state index contributed by atoms with van der Waals surface area (Å²) in [6.07, 6.45) is -6.78. The molecule has 0 bridgehead atoms. The third-order valence-electron chi connectivity index (χ3n) is 3.21. The molecule has 1 saturated heterocycles. The molecule has 2 rings (SSSR count). The summed E-state index contributed by atoms with van der Waals surface area (Å²) in [4.78, 5) is 18.0. The maximum Gasteiger partial charge on any atom is 0.298 e. The highest BCUT2D eigenvalue weighted by Gasteiger charge is 2.43. The molecule has 5 atom stereocenters. The summed E-state index contributed by atoms with van der Waals surface area (Å²) in [5, 5.41) is 41.1. The van der Waals surface area contributed by atoms with Crippen LogP contribution >= 0.6 is 15.9 Å². The SMILES string of the molecule is COc1nc(N[C@@H]2O[C@@H](CO)[C@@H](O)[C@@H](O)[C@H]2O)c(Br)c(=O)[nH]1. The lowest BCUT2D eigenvalue weighted by Gasteiger charge is -2.40. The molecule has 0 amide bonds. The number of H-pyrrole nitrogens is 1. The van der Waals surface area contributed by atoms with Gasteiger partial charge < -0.3 is 35.2 Å². The van der Waals surface area contributed by atoms with Gasteiger partial charge in [-0.1, -0.05) is 0 Å². The summed E-state index contributed by atoms with van der Waals surface area (Å²) in [7, 11) is 1.31. The third kappa shape index (κ3) is 3.24. The molecule has 0 saturated carbocycles. The van der Waals surface area contributed by atoms with Crippen LogP contribution < -0.4 is 15.6 Å². The molecule has 0 radical (unpaired) electrons. The van der Waals surface area contributed by atoms with Gasteiger partial charge in [0, 0.05) is 0 Å². The van der Waals surface area contributed by atoms with Crippen LogP contribution in [0.5, 0.6) is 6.01 Å². The number of anilines is 1. The number of aromatic nitrogens is 2. The van der Waals surface area contributed by atoms with E-state index < -0.39 is 42.8 Å². The number of ether oxygens (including phenoxy) is 2. The van der Waals surface area contributed by atoms with Gasteiger partial charge >= 0.3 is 0 Å². The third-order valence-corrected chi connectivity index (χ3v) is 3.94. The highest BCUT2D eigenvalue weighted by Crippen LogP contribution is 2.25.